The van der Waals surface area contributed by atoms with Crippen LogP contribution in [0.3, 0.4) is 0 Å². The first-order chi connectivity index (χ1) is 17.5. The molecule has 0 radical (unpaired) electrons. The second-order valence-corrected chi connectivity index (χ2v) is 8.85. The van der Waals surface area contributed by atoms with Crippen LogP contribution in [0, 0.1) is 5.82 Å². The van der Waals surface area contributed by atoms with Crippen LogP contribution in [0.1, 0.15) is 29.2 Å². The number of ether oxygens (including phenoxy) is 3. The van der Waals surface area contributed by atoms with E-state index in [4.69, 9.17) is 18.6 Å². The fourth-order valence-corrected chi connectivity index (χ4v) is 4.84. The van der Waals surface area contributed by atoms with Gasteiger partial charge in [0, 0.05) is 46.6 Å². The van der Waals surface area contributed by atoms with E-state index in [1.54, 1.807) is 35.3 Å². The van der Waals surface area contributed by atoms with Crippen molar-refractivity contribution in [1.29, 1.82) is 0 Å². The monoisotopic (exact) mass is 486 g/mol. The summed E-state index contributed by atoms with van der Waals surface area (Å²) < 4.78 is 39.5. The van der Waals surface area contributed by atoms with Crippen LogP contribution in [0.5, 0.6) is 17.2 Å². The smallest absolute Gasteiger partial charge is 0.310 e. The van der Waals surface area contributed by atoms with Crippen molar-refractivity contribution in [3.05, 3.63) is 83.5 Å². The molecule has 0 aliphatic heterocycles. The Hall–Kier alpha value is -4.33. The molecular formula is C28H23FN2O5. The molecule has 8 heteroatoms. The number of carbonyl (C=O) groups excluding carboxylic acids is 1. The first-order valence-corrected chi connectivity index (χ1v) is 11.6. The zero-order chi connectivity index (χ0) is 24.8. The number of aryl methyl sites for hydroxylation is 1. The Morgan fingerprint density at radius 2 is 2.03 bits per heavy atom. The zero-order valence-electron chi connectivity index (χ0n) is 19.8. The van der Waals surface area contributed by atoms with Crippen molar-refractivity contribution in [2.45, 2.75) is 25.4 Å². The molecule has 7 nitrogen and oxygen atoms in total. The van der Waals surface area contributed by atoms with Crippen LogP contribution >= 0.6 is 0 Å². The summed E-state index contributed by atoms with van der Waals surface area (Å²) in [5.41, 5.74) is 3.61. The minimum atomic E-state index is -0.454. The Morgan fingerprint density at radius 3 is 2.89 bits per heavy atom. The number of benzene rings is 3. The highest BCUT2D eigenvalue weighted by atomic mass is 19.1. The van der Waals surface area contributed by atoms with Gasteiger partial charge in [0.15, 0.2) is 0 Å². The molecule has 1 unspecified atom stereocenters. The third-order valence-electron chi connectivity index (χ3n) is 6.66. The maximum atomic E-state index is 15.0. The number of hydrogen-bond donors (Lipinski definition) is 0. The molecule has 2 aromatic heterocycles. The predicted molar refractivity (Wildman–Crippen MR) is 131 cm³/mol. The molecule has 36 heavy (non-hydrogen) atoms. The van der Waals surface area contributed by atoms with E-state index in [9.17, 15) is 9.18 Å². The van der Waals surface area contributed by atoms with E-state index in [0.29, 0.717) is 41.2 Å². The minimum absolute atomic E-state index is 0.126. The summed E-state index contributed by atoms with van der Waals surface area (Å²) in [7, 11) is 3.23. The second-order valence-electron chi connectivity index (χ2n) is 8.85. The number of fused-ring (bicyclic) bond motifs is 3. The van der Waals surface area contributed by atoms with Gasteiger partial charge in [-0.2, -0.15) is 5.10 Å². The Balaban J connectivity index is 1.26. The summed E-state index contributed by atoms with van der Waals surface area (Å²) in [5.74, 6) is 1.19. The molecule has 0 spiro atoms. The number of rotatable bonds is 6. The van der Waals surface area contributed by atoms with E-state index in [2.05, 4.69) is 5.10 Å². The van der Waals surface area contributed by atoms with Crippen LogP contribution in [-0.4, -0.2) is 22.9 Å². The first kappa shape index (κ1) is 22.2. The lowest BCUT2D eigenvalue weighted by atomic mass is 10.1. The largest absolute Gasteiger partial charge is 0.485 e. The molecule has 0 amide bonds. The molecule has 3 aromatic carbocycles. The van der Waals surface area contributed by atoms with Crippen molar-refractivity contribution < 1.29 is 27.8 Å². The maximum Gasteiger partial charge on any atom is 0.310 e. The molecule has 5 aromatic rings. The van der Waals surface area contributed by atoms with E-state index in [1.807, 2.05) is 31.3 Å². The molecule has 182 valence electrons. The van der Waals surface area contributed by atoms with Crippen molar-refractivity contribution in [3.8, 4) is 17.2 Å². The van der Waals surface area contributed by atoms with Gasteiger partial charge in [0.1, 0.15) is 34.8 Å². The number of furan rings is 1. The number of esters is 1. The molecule has 0 bridgehead atoms. The van der Waals surface area contributed by atoms with Gasteiger partial charge in [-0.1, -0.05) is 0 Å². The highest BCUT2D eigenvalue weighted by molar-refractivity contribution is 5.86. The van der Waals surface area contributed by atoms with E-state index >= 15 is 0 Å². The van der Waals surface area contributed by atoms with Gasteiger partial charge < -0.3 is 18.6 Å². The van der Waals surface area contributed by atoms with Crippen LogP contribution in [0.15, 0.2) is 65.4 Å². The molecule has 0 N–H and O–H groups in total. The number of halogens is 1. The molecule has 6 rings (SSSR count). The van der Waals surface area contributed by atoms with Crippen LogP contribution in [0.4, 0.5) is 4.39 Å². The first-order valence-electron chi connectivity index (χ1n) is 11.6. The fraction of sp³-hybridized carbons (Fsp3) is 0.214. The molecular weight excluding hydrogens is 463 g/mol. The SMILES string of the molecule is COC(=O)Cc1coc2cc(OC3CCc4c(Oc5ccc6cnn(C)c6c5)ccc(F)c43)ccc12. The summed E-state index contributed by atoms with van der Waals surface area (Å²) in [6.45, 7) is 0. The van der Waals surface area contributed by atoms with Gasteiger partial charge in [-0.05, 0) is 49.2 Å². The average Bonchev–Trinajstić information content (AvgIpc) is 3.59. The highest BCUT2D eigenvalue weighted by Gasteiger charge is 2.31. The van der Waals surface area contributed by atoms with Gasteiger partial charge in [-0.3, -0.25) is 9.48 Å². The Bertz CT molecular complexity index is 1620. The molecule has 0 saturated heterocycles. The molecule has 0 fully saturated rings. The summed E-state index contributed by atoms with van der Waals surface area (Å²) in [5, 5.41) is 6.10. The van der Waals surface area contributed by atoms with Crippen molar-refractivity contribution in [1.82, 2.24) is 9.78 Å². The van der Waals surface area contributed by atoms with Gasteiger partial charge in [0.05, 0.1) is 31.5 Å². The second kappa shape index (κ2) is 8.71. The van der Waals surface area contributed by atoms with E-state index in [-0.39, 0.29) is 18.2 Å². The zero-order valence-corrected chi connectivity index (χ0v) is 19.8. The van der Waals surface area contributed by atoms with Gasteiger partial charge in [0.2, 0.25) is 0 Å². The number of nitrogens with zero attached hydrogens (tertiary/aromatic N) is 2. The van der Waals surface area contributed by atoms with Crippen LogP contribution in [-0.2, 0) is 29.4 Å². The van der Waals surface area contributed by atoms with E-state index < -0.39 is 6.10 Å². The summed E-state index contributed by atoms with van der Waals surface area (Å²) in [4.78, 5) is 11.6. The highest BCUT2D eigenvalue weighted by Crippen LogP contribution is 2.43. The van der Waals surface area contributed by atoms with E-state index in [1.165, 1.54) is 13.2 Å². The van der Waals surface area contributed by atoms with Gasteiger partial charge in [-0.25, -0.2) is 4.39 Å². The molecule has 1 aliphatic carbocycles. The topological polar surface area (TPSA) is 75.7 Å². The Kier molecular flexibility index (Phi) is 5.36. The Labute approximate surface area is 206 Å². The van der Waals surface area contributed by atoms with Crippen molar-refractivity contribution in [2.75, 3.05) is 7.11 Å². The summed E-state index contributed by atoms with van der Waals surface area (Å²) >= 11 is 0. The van der Waals surface area contributed by atoms with Crippen LogP contribution < -0.4 is 9.47 Å². The minimum Gasteiger partial charge on any atom is -0.485 e. The van der Waals surface area contributed by atoms with Gasteiger partial charge in [0.25, 0.3) is 0 Å². The standard InChI is InChI=1S/C28H23FN2O5/c1-31-23-12-18(4-3-16(23)14-30-31)35-24-10-8-22(29)28-21(24)7-9-25(28)36-19-5-6-20-17(11-27(32)33-2)15-34-26(20)13-19/h3-6,8,10,12-15,25H,7,9,11H2,1-2H3. The molecule has 1 atom stereocenters. The number of methoxy groups -OCH3 is 1. The van der Waals surface area contributed by atoms with Crippen LogP contribution in [0.2, 0.25) is 0 Å². The average molecular weight is 486 g/mol. The lowest BCUT2D eigenvalue weighted by Gasteiger charge is -2.17. The van der Waals surface area contributed by atoms with E-state index in [0.717, 1.165) is 27.4 Å². The van der Waals surface area contributed by atoms with Crippen molar-refractivity contribution in [2.24, 2.45) is 7.05 Å². The lowest BCUT2D eigenvalue weighted by Crippen LogP contribution is -2.06. The molecule has 1 aliphatic rings. The lowest BCUT2D eigenvalue weighted by molar-refractivity contribution is -0.139. The fourth-order valence-electron chi connectivity index (χ4n) is 4.84. The van der Waals surface area contributed by atoms with Crippen molar-refractivity contribution >= 4 is 27.8 Å². The summed E-state index contributed by atoms with van der Waals surface area (Å²) in [6, 6.07) is 14.3. The number of aromatic nitrogens is 2. The van der Waals surface area contributed by atoms with Gasteiger partial charge >= 0.3 is 5.97 Å². The van der Waals surface area contributed by atoms with Gasteiger partial charge in [-0.15, -0.1) is 0 Å². The third-order valence-corrected chi connectivity index (χ3v) is 6.66. The quantitative estimate of drug-likeness (QED) is 0.273. The number of hydrogen-bond acceptors (Lipinski definition) is 6. The van der Waals surface area contributed by atoms with Crippen molar-refractivity contribution in [3.63, 3.8) is 0 Å². The Morgan fingerprint density at radius 1 is 1.17 bits per heavy atom. The third kappa shape index (κ3) is 3.84. The normalized spacial score (nSPS) is 14.8. The maximum absolute atomic E-state index is 15.0. The predicted octanol–water partition coefficient (Wildman–Crippen LogP) is 6.03. The summed E-state index contributed by atoms with van der Waals surface area (Å²) in [6.07, 6.45) is 4.27. The number of carbonyl (C=O) groups is 1. The molecule has 0 saturated carbocycles. The molecule has 2 heterocycles. The van der Waals surface area contributed by atoms with Crippen LogP contribution in [0.25, 0.3) is 21.9 Å².